The van der Waals surface area contributed by atoms with E-state index in [1.54, 1.807) is 0 Å². The zero-order valence-corrected chi connectivity index (χ0v) is 11.5. The zero-order valence-electron chi connectivity index (χ0n) is 11.5. The summed E-state index contributed by atoms with van der Waals surface area (Å²) in [6, 6.07) is 2.48. The Morgan fingerprint density at radius 2 is 2.44 bits per heavy atom. The highest BCUT2D eigenvalue weighted by molar-refractivity contribution is 5.25. The van der Waals surface area contributed by atoms with Crippen LogP contribution in [0, 0.1) is 12.8 Å². The fourth-order valence-electron chi connectivity index (χ4n) is 2.66. The highest BCUT2D eigenvalue weighted by atomic mass is 16.5. The third-order valence-corrected chi connectivity index (χ3v) is 3.70. The van der Waals surface area contributed by atoms with Gasteiger partial charge in [0, 0.05) is 31.0 Å². The molecule has 2 atom stereocenters. The van der Waals surface area contributed by atoms with Gasteiger partial charge in [0.25, 0.3) is 0 Å². The molecule has 3 nitrogen and oxygen atoms in total. The number of hydrogen-bond donors (Lipinski definition) is 1. The Bertz CT molecular complexity index is 361. The molecule has 1 N–H and O–H groups in total. The lowest BCUT2D eigenvalue weighted by Crippen LogP contribution is -2.34. The maximum atomic E-state index is 5.64. The van der Waals surface area contributed by atoms with Crippen molar-refractivity contribution < 1.29 is 4.74 Å². The van der Waals surface area contributed by atoms with E-state index < -0.39 is 0 Å². The molecule has 2 rings (SSSR count). The van der Waals surface area contributed by atoms with Gasteiger partial charge in [0.05, 0.1) is 6.61 Å². The number of pyridine rings is 1. The van der Waals surface area contributed by atoms with Crippen molar-refractivity contribution in [2.45, 2.75) is 39.2 Å². The molecule has 0 saturated carbocycles. The lowest BCUT2D eigenvalue weighted by Gasteiger charge is -2.32. The third kappa shape index (κ3) is 3.30. The van der Waals surface area contributed by atoms with Crippen molar-refractivity contribution in [2.24, 2.45) is 5.92 Å². The molecule has 0 bridgehead atoms. The Balaban J connectivity index is 2.15. The number of ether oxygens (including phenoxy) is 1. The molecule has 2 unspecified atom stereocenters. The molecule has 0 amide bonds. The number of aromatic nitrogens is 1. The van der Waals surface area contributed by atoms with Gasteiger partial charge in [-0.25, -0.2) is 0 Å². The normalized spacial score (nSPS) is 21.8. The molecule has 2 heterocycles. The summed E-state index contributed by atoms with van der Waals surface area (Å²) in [4.78, 5) is 4.29. The topological polar surface area (TPSA) is 34.2 Å². The number of rotatable bonds is 5. The van der Waals surface area contributed by atoms with Crippen LogP contribution >= 0.6 is 0 Å². The fraction of sp³-hybridized carbons (Fsp3) is 0.667. The predicted molar refractivity (Wildman–Crippen MR) is 73.6 cm³/mol. The van der Waals surface area contributed by atoms with Crippen LogP contribution in [0.25, 0.3) is 0 Å². The molecule has 0 aliphatic carbocycles. The molecule has 0 aromatic carbocycles. The minimum Gasteiger partial charge on any atom is -0.381 e. The van der Waals surface area contributed by atoms with Gasteiger partial charge in [-0.15, -0.1) is 0 Å². The molecule has 1 aromatic rings. The number of aryl methyl sites for hydroxylation is 1. The van der Waals surface area contributed by atoms with E-state index in [4.69, 9.17) is 4.74 Å². The van der Waals surface area contributed by atoms with Crippen LogP contribution in [0.5, 0.6) is 0 Å². The minimum atomic E-state index is 0.388. The van der Waals surface area contributed by atoms with Gasteiger partial charge in [-0.1, -0.05) is 6.92 Å². The maximum absolute atomic E-state index is 5.64. The Labute approximate surface area is 110 Å². The number of hydrogen-bond acceptors (Lipinski definition) is 3. The molecule has 1 aromatic heterocycles. The van der Waals surface area contributed by atoms with Gasteiger partial charge in [-0.05, 0) is 49.9 Å². The quantitative estimate of drug-likeness (QED) is 0.870. The molecule has 18 heavy (non-hydrogen) atoms. The Morgan fingerprint density at radius 3 is 3.11 bits per heavy atom. The third-order valence-electron chi connectivity index (χ3n) is 3.70. The standard InChI is InChI=1S/C15H24N2O/c1-3-7-17-15(13-5-4-9-18-11-13)14-10-16-8-6-12(14)2/h6,8,10,13,15,17H,3-5,7,9,11H2,1-2H3. The summed E-state index contributed by atoms with van der Waals surface area (Å²) in [5.74, 6) is 0.577. The van der Waals surface area contributed by atoms with Gasteiger partial charge in [0.1, 0.15) is 0 Å². The second-order valence-corrected chi connectivity index (χ2v) is 5.14. The highest BCUT2D eigenvalue weighted by Gasteiger charge is 2.26. The van der Waals surface area contributed by atoms with Crippen molar-refractivity contribution in [3.8, 4) is 0 Å². The molecule has 100 valence electrons. The second-order valence-electron chi connectivity index (χ2n) is 5.14. The van der Waals surface area contributed by atoms with Gasteiger partial charge in [-0.3, -0.25) is 4.98 Å². The molecule has 1 saturated heterocycles. The lowest BCUT2D eigenvalue weighted by molar-refractivity contribution is 0.0389. The highest BCUT2D eigenvalue weighted by Crippen LogP contribution is 2.30. The molecule has 0 radical (unpaired) electrons. The van der Waals surface area contributed by atoms with E-state index in [-0.39, 0.29) is 0 Å². The Morgan fingerprint density at radius 1 is 1.56 bits per heavy atom. The first-order chi connectivity index (χ1) is 8.83. The van der Waals surface area contributed by atoms with Crippen LogP contribution in [0.15, 0.2) is 18.5 Å². The van der Waals surface area contributed by atoms with E-state index in [1.165, 1.54) is 24.0 Å². The number of nitrogens with zero attached hydrogens (tertiary/aromatic N) is 1. The summed E-state index contributed by atoms with van der Waals surface area (Å²) in [6.45, 7) is 7.22. The van der Waals surface area contributed by atoms with Crippen LogP contribution in [-0.2, 0) is 4.74 Å². The van der Waals surface area contributed by atoms with Crippen LogP contribution in [0.1, 0.15) is 43.4 Å². The molecular formula is C15H24N2O. The summed E-state index contributed by atoms with van der Waals surface area (Å²) in [5, 5.41) is 3.68. The van der Waals surface area contributed by atoms with Gasteiger partial charge in [0.15, 0.2) is 0 Å². The number of nitrogens with one attached hydrogen (secondary N) is 1. The summed E-state index contributed by atoms with van der Waals surface area (Å²) >= 11 is 0. The van der Waals surface area contributed by atoms with Crippen LogP contribution in [0.2, 0.25) is 0 Å². The maximum Gasteiger partial charge on any atom is 0.0512 e. The van der Waals surface area contributed by atoms with Crippen molar-refractivity contribution in [3.05, 3.63) is 29.6 Å². The van der Waals surface area contributed by atoms with Crippen LogP contribution in [-0.4, -0.2) is 24.7 Å². The summed E-state index contributed by atoms with van der Waals surface area (Å²) in [7, 11) is 0. The van der Waals surface area contributed by atoms with Crippen molar-refractivity contribution in [1.82, 2.24) is 10.3 Å². The largest absolute Gasteiger partial charge is 0.381 e. The van der Waals surface area contributed by atoms with E-state index in [2.05, 4.69) is 30.2 Å². The molecule has 1 fully saturated rings. The Kier molecular flexibility index (Phi) is 5.14. The first kappa shape index (κ1) is 13.5. The monoisotopic (exact) mass is 248 g/mol. The fourth-order valence-corrected chi connectivity index (χ4v) is 2.66. The van der Waals surface area contributed by atoms with Gasteiger partial charge < -0.3 is 10.1 Å². The minimum absolute atomic E-state index is 0.388. The molecular weight excluding hydrogens is 224 g/mol. The van der Waals surface area contributed by atoms with E-state index in [0.29, 0.717) is 12.0 Å². The van der Waals surface area contributed by atoms with Gasteiger partial charge in [-0.2, -0.15) is 0 Å². The smallest absolute Gasteiger partial charge is 0.0512 e. The van der Waals surface area contributed by atoms with Crippen molar-refractivity contribution in [1.29, 1.82) is 0 Å². The van der Waals surface area contributed by atoms with Crippen LogP contribution in [0.4, 0.5) is 0 Å². The van der Waals surface area contributed by atoms with E-state index in [0.717, 1.165) is 26.2 Å². The summed E-state index contributed by atoms with van der Waals surface area (Å²) in [6.07, 6.45) is 7.46. The summed E-state index contributed by atoms with van der Waals surface area (Å²) in [5.41, 5.74) is 2.66. The van der Waals surface area contributed by atoms with E-state index in [9.17, 15) is 0 Å². The lowest BCUT2D eigenvalue weighted by atomic mass is 9.87. The molecule has 1 aliphatic rings. The van der Waals surface area contributed by atoms with Crippen LogP contribution in [0.3, 0.4) is 0 Å². The molecule has 0 spiro atoms. The molecule has 3 heteroatoms. The molecule has 1 aliphatic heterocycles. The zero-order chi connectivity index (χ0) is 12.8. The average Bonchev–Trinajstić information content (AvgIpc) is 2.42. The Hall–Kier alpha value is -0.930. The van der Waals surface area contributed by atoms with E-state index in [1.807, 2.05) is 12.4 Å². The van der Waals surface area contributed by atoms with Gasteiger partial charge >= 0.3 is 0 Å². The van der Waals surface area contributed by atoms with Crippen molar-refractivity contribution in [3.63, 3.8) is 0 Å². The first-order valence-electron chi connectivity index (χ1n) is 7.04. The summed E-state index contributed by atoms with van der Waals surface area (Å²) < 4.78 is 5.64. The van der Waals surface area contributed by atoms with E-state index >= 15 is 0 Å². The second kappa shape index (κ2) is 6.86. The van der Waals surface area contributed by atoms with Crippen LogP contribution < -0.4 is 5.32 Å². The average molecular weight is 248 g/mol. The van der Waals surface area contributed by atoms with Gasteiger partial charge in [0.2, 0.25) is 0 Å². The van der Waals surface area contributed by atoms with Crippen molar-refractivity contribution in [2.75, 3.05) is 19.8 Å². The van der Waals surface area contributed by atoms with Crippen molar-refractivity contribution >= 4 is 0 Å². The first-order valence-corrected chi connectivity index (χ1v) is 7.04. The predicted octanol–water partition coefficient (Wildman–Crippen LogP) is 2.86. The SMILES string of the molecule is CCCNC(c1cnccc1C)C1CCCOC1.